The maximum absolute atomic E-state index is 12.1. The molecular formula is C15H20F3NO2. The number of nitrogens with zero attached hydrogens (tertiary/aromatic N) is 1. The number of alkyl halides is 3. The van der Waals surface area contributed by atoms with Crippen molar-refractivity contribution in [2.24, 2.45) is 0 Å². The van der Waals surface area contributed by atoms with E-state index in [1.807, 2.05) is 0 Å². The molecule has 1 heterocycles. The van der Waals surface area contributed by atoms with Gasteiger partial charge in [0.15, 0.2) is 0 Å². The van der Waals surface area contributed by atoms with Crippen molar-refractivity contribution < 1.29 is 23.0 Å². The van der Waals surface area contributed by atoms with E-state index in [4.69, 9.17) is 5.11 Å². The molecule has 1 fully saturated rings. The Morgan fingerprint density at radius 3 is 2.52 bits per heavy atom. The van der Waals surface area contributed by atoms with Crippen molar-refractivity contribution in [1.29, 1.82) is 0 Å². The van der Waals surface area contributed by atoms with Crippen molar-refractivity contribution in [3.05, 3.63) is 29.8 Å². The molecule has 1 aliphatic heterocycles. The summed E-state index contributed by atoms with van der Waals surface area (Å²) in [6.45, 7) is 1.82. The summed E-state index contributed by atoms with van der Waals surface area (Å²) < 4.78 is 40.1. The van der Waals surface area contributed by atoms with E-state index in [-0.39, 0.29) is 12.4 Å². The van der Waals surface area contributed by atoms with Gasteiger partial charge in [0.1, 0.15) is 5.75 Å². The van der Waals surface area contributed by atoms with Gasteiger partial charge in [0.25, 0.3) is 0 Å². The lowest BCUT2D eigenvalue weighted by molar-refractivity contribution is -0.274. The Balaban J connectivity index is 1.95. The largest absolute Gasteiger partial charge is 0.573 e. The number of aliphatic hydroxyl groups is 1. The molecule has 0 bridgehead atoms. The number of rotatable bonds is 5. The lowest BCUT2D eigenvalue weighted by Crippen LogP contribution is -2.39. The summed E-state index contributed by atoms with van der Waals surface area (Å²) in [5.41, 5.74) is 0.953. The molecule has 0 aromatic heterocycles. The predicted molar refractivity (Wildman–Crippen MR) is 72.9 cm³/mol. The standard InChI is InChI=1S/C15H20F3NO2/c16-15(17,18)21-14-6-4-12(5-7-14)11-19-9-2-1-3-13(19)8-10-20/h4-7,13,20H,1-3,8-11H2. The Hall–Kier alpha value is -1.27. The van der Waals surface area contributed by atoms with Crippen LogP contribution >= 0.6 is 0 Å². The van der Waals surface area contributed by atoms with E-state index in [0.717, 1.165) is 31.4 Å². The minimum atomic E-state index is -4.65. The van der Waals surface area contributed by atoms with Crippen LogP contribution < -0.4 is 4.74 Å². The third kappa shape index (κ3) is 5.21. The van der Waals surface area contributed by atoms with E-state index < -0.39 is 6.36 Å². The molecule has 0 radical (unpaired) electrons. The molecule has 0 aliphatic carbocycles. The summed E-state index contributed by atoms with van der Waals surface area (Å²) in [4.78, 5) is 2.29. The fourth-order valence-corrected chi connectivity index (χ4v) is 2.78. The van der Waals surface area contributed by atoms with Gasteiger partial charge in [-0.1, -0.05) is 18.6 Å². The molecule has 1 aromatic rings. The molecule has 1 atom stereocenters. The first-order chi connectivity index (χ1) is 9.98. The number of hydrogen-bond acceptors (Lipinski definition) is 3. The number of hydrogen-bond donors (Lipinski definition) is 1. The van der Waals surface area contributed by atoms with E-state index in [0.29, 0.717) is 12.6 Å². The highest BCUT2D eigenvalue weighted by Gasteiger charge is 2.31. The monoisotopic (exact) mass is 303 g/mol. The summed E-state index contributed by atoms with van der Waals surface area (Å²) in [6, 6.07) is 6.36. The van der Waals surface area contributed by atoms with Gasteiger partial charge in [-0.2, -0.15) is 0 Å². The number of benzene rings is 1. The SMILES string of the molecule is OCCC1CCCCN1Cc1ccc(OC(F)(F)F)cc1. The van der Waals surface area contributed by atoms with Gasteiger partial charge < -0.3 is 9.84 Å². The van der Waals surface area contributed by atoms with Gasteiger partial charge in [0, 0.05) is 19.2 Å². The minimum absolute atomic E-state index is 0.166. The van der Waals surface area contributed by atoms with Crippen molar-refractivity contribution in [2.75, 3.05) is 13.2 Å². The average Bonchev–Trinajstić information content (AvgIpc) is 2.42. The van der Waals surface area contributed by atoms with E-state index in [1.165, 1.54) is 18.6 Å². The van der Waals surface area contributed by atoms with E-state index in [9.17, 15) is 13.2 Å². The Kier molecular flexibility index (Phi) is 5.47. The predicted octanol–water partition coefficient (Wildman–Crippen LogP) is 3.32. The molecule has 0 saturated carbocycles. The van der Waals surface area contributed by atoms with Gasteiger partial charge >= 0.3 is 6.36 Å². The van der Waals surface area contributed by atoms with Crippen molar-refractivity contribution in [3.63, 3.8) is 0 Å². The number of halogens is 3. The summed E-state index contributed by atoms with van der Waals surface area (Å²) >= 11 is 0. The first-order valence-electron chi connectivity index (χ1n) is 7.17. The second kappa shape index (κ2) is 7.13. The molecule has 21 heavy (non-hydrogen) atoms. The Morgan fingerprint density at radius 2 is 1.90 bits per heavy atom. The highest BCUT2D eigenvalue weighted by Crippen LogP contribution is 2.25. The Bertz CT molecular complexity index is 432. The molecule has 1 aliphatic rings. The van der Waals surface area contributed by atoms with E-state index >= 15 is 0 Å². The van der Waals surface area contributed by atoms with Gasteiger partial charge in [-0.25, -0.2) is 0 Å². The normalized spacial score (nSPS) is 20.5. The first kappa shape index (κ1) is 16.1. The molecule has 3 nitrogen and oxygen atoms in total. The van der Waals surface area contributed by atoms with Gasteiger partial charge in [-0.15, -0.1) is 13.2 Å². The molecule has 1 unspecified atom stereocenters. The van der Waals surface area contributed by atoms with Crippen LogP contribution in [0.3, 0.4) is 0 Å². The number of piperidine rings is 1. The maximum Gasteiger partial charge on any atom is 0.573 e. The van der Waals surface area contributed by atoms with Crippen LogP contribution in [0.4, 0.5) is 13.2 Å². The summed E-state index contributed by atoms with van der Waals surface area (Å²) in [5.74, 6) is -0.197. The summed E-state index contributed by atoms with van der Waals surface area (Å²) in [7, 11) is 0. The third-order valence-corrected chi connectivity index (χ3v) is 3.75. The highest BCUT2D eigenvalue weighted by molar-refractivity contribution is 5.27. The smallest absolute Gasteiger partial charge is 0.406 e. The van der Waals surface area contributed by atoms with Gasteiger partial charge in [0.05, 0.1) is 0 Å². The van der Waals surface area contributed by atoms with Crippen LogP contribution in [0.15, 0.2) is 24.3 Å². The second-order valence-corrected chi connectivity index (χ2v) is 5.32. The molecule has 6 heteroatoms. The topological polar surface area (TPSA) is 32.7 Å². The van der Waals surface area contributed by atoms with Crippen molar-refractivity contribution in [3.8, 4) is 5.75 Å². The third-order valence-electron chi connectivity index (χ3n) is 3.75. The summed E-state index contributed by atoms with van der Waals surface area (Å²) in [5, 5.41) is 9.10. The lowest BCUT2D eigenvalue weighted by Gasteiger charge is -2.35. The van der Waals surface area contributed by atoms with E-state index in [2.05, 4.69) is 9.64 Å². The minimum Gasteiger partial charge on any atom is -0.406 e. The zero-order valence-corrected chi connectivity index (χ0v) is 11.8. The fourth-order valence-electron chi connectivity index (χ4n) is 2.78. The number of ether oxygens (including phenoxy) is 1. The van der Waals surface area contributed by atoms with Crippen LogP contribution in [0, 0.1) is 0 Å². The van der Waals surface area contributed by atoms with Crippen molar-refractivity contribution >= 4 is 0 Å². The first-order valence-corrected chi connectivity index (χ1v) is 7.17. The number of aliphatic hydroxyl groups excluding tert-OH is 1. The van der Waals surface area contributed by atoms with E-state index in [1.54, 1.807) is 12.1 Å². The molecular weight excluding hydrogens is 283 g/mol. The molecule has 1 aromatic carbocycles. The molecule has 1 saturated heterocycles. The quantitative estimate of drug-likeness (QED) is 0.905. The van der Waals surface area contributed by atoms with Crippen LogP contribution in [-0.2, 0) is 6.54 Å². The van der Waals surface area contributed by atoms with Crippen molar-refractivity contribution in [1.82, 2.24) is 4.90 Å². The van der Waals surface area contributed by atoms with Crippen molar-refractivity contribution in [2.45, 2.75) is 44.6 Å². The molecule has 118 valence electrons. The van der Waals surface area contributed by atoms with Crippen LogP contribution in [0.25, 0.3) is 0 Å². The Morgan fingerprint density at radius 1 is 1.19 bits per heavy atom. The van der Waals surface area contributed by atoms with Crippen LogP contribution in [0.1, 0.15) is 31.2 Å². The molecule has 0 spiro atoms. The van der Waals surface area contributed by atoms with Crippen LogP contribution in [0.5, 0.6) is 5.75 Å². The maximum atomic E-state index is 12.1. The van der Waals surface area contributed by atoms with Crippen LogP contribution in [0.2, 0.25) is 0 Å². The Labute approximate surface area is 122 Å². The average molecular weight is 303 g/mol. The van der Waals surface area contributed by atoms with Gasteiger partial charge in [-0.3, -0.25) is 4.90 Å². The molecule has 0 amide bonds. The zero-order chi connectivity index (χ0) is 15.3. The highest BCUT2D eigenvalue weighted by atomic mass is 19.4. The lowest BCUT2D eigenvalue weighted by atomic mass is 9.99. The zero-order valence-electron chi connectivity index (χ0n) is 11.8. The molecule has 1 N–H and O–H groups in total. The second-order valence-electron chi connectivity index (χ2n) is 5.32. The summed E-state index contributed by atoms with van der Waals surface area (Å²) in [6.07, 6.45) is -0.553. The van der Waals surface area contributed by atoms with Crippen LogP contribution in [-0.4, -0.2) is 35.6 Å². The fraction of sp³-hybridized carbons (Fsp3) is 0.600. The van der Waals surface area contributed by atoms with Gasteiger partial charge in [-0.05, 0) is 43.5 Å². The van der Waals surface area contributed by atoms with Gasteiger partial charge in [0.2, 0.25) is 0 Å². The molecule has 2 rings (SSSR count). The number of likely N-dealkylation sites (tertiary alicyclic amines) is 1.